The molecule has 5 rings (SSSR count). The van der Waals surface area contributed by atoms with E-state index in [1.165, 1.54) is 38.6 Å². The Morgan fingerprint density at radius 2 is 1.15 bits per heavy atom. The van der Waals surface area contributed by atoms with Crippen LogP contribution in [-0.4, -0.2) is 9.13 Å². The number of fused-ring (bicyclic) bond motifs is 2. The Labute approximate surface area is 203 Å². The van der Waals surface area contributed by atoms with Crippen molar-refractivity contribution in [2.24, 2.45) is 0 Å². The first-order valence-electron chi connectivity index (χ1n) is 12.2. The molecule has 0 spiro atoms. The van der Waals surface area contributed by atoms with E-state index in [9.17, 15) is 0 Å². The lowest BCUT2D eigenvalue weighted by Crippen LogP contribution is -2.15. The Hall–Kier alpha value is -3.52. The fourth-order valence-corrected chi connectivity index (χ4v) is 4.65. The third-order valence-electron chi connectivity index (χ3n) is 7.71. The Bertz CT molecular complexity index is 1490. The van der Waals surface area contributed by atoms with Crippen molar-refractivity contribution in [1.29, 1.82) is 0 Å². The lowest BCUT2D eigenvalue weighted by atomic mass is 9.82. The van der Waals surface area contributed by atoms with Crippen molar-refractivity contribution < 1.29 is 0 Å². The van der Waals surface area contributed by atoms with Crippen LogP contribution in [0, 0.1) is 0 Å². The summed E-state index contributed by atoms with van der Waals surface area (Å²) >= 11 is 0. The molecule has 2 heteroatoms. The minimum absolute atomic E-state index is 0.0372. The summed E-state index contributed by atoms with van der Waals surface area (Å²) in [6.07, 6.45) is 7.48. The number of rotatable bonds is 6. The number of allylic oxidation sites excluding steroid dienone is 1. The van der Waals surface area contributed by atoms with Crippen LogP contribution in [0.1, 0.15) is 52.2 Å². The summed E-state index contributed by atoms with van der Waals surface area (Å²) in [7, 11) is 0. The molecule has 2 nitrogen and oxygen atoms in total. The van der Waals surface area contributed by atoms with Gasteiger partial charge in [0.2, 0.25) is 0 Å². The minimum atomic E-state index is -0.0372. The van der Waals surface area contributed by atoms with Crippen molar-refractivity contribution in [1.82, 2.24) is 9.13 Å². The molecule has 34 heavy (non-hydrogen) atoms. The standard InChI is InChI=1S/C32H34N2/c1-7-31(3,4)25-9-15-29-23(21-25)17-19-33(29)27-11-13-28(14-12-27)34-20-18-24-22-26(10-16-30(24)34)32(5,6)8-2/h7,9-22H,1,8H2,2-6H3. The average Bonchev–Trinajstić information content (AvgIpc) is 3.47. The monoisotopic (exact) mass is 446 g/mol. The van der Waals surface area contributed by atoms with E-state index in [1.54, 1.807) is 0 Å². The van der Waals surface area contributed by atoms with Gasteiger partial charge >= 0.3 is 0 Å². The molecule has 0 saturated carbocycles. The van der Waals surface area contributed by atoms with Gasteiger partial charge in [0.25, 0.3) is 0 Å². The maximum absolute atomic E-state index is 4.00. The summed E-state index contributed by atoms with van der Waals surface area (Å²) in [5.74, 6) is 0. The molecule has 0 radical (unpaired) electrons. The van der Waals surface area contributed by atoms with Crippen molar-refractivity contribution in [3.63, 3.8) is 0 Å². The van der Waals surface area contributed by atoms with Crippen molar-refractivity contribution in [2.45, 2.75) is 51.9 Å². The van der Waals surface area contributed by atoms with Gasteiger partial charge in [0.1, 0.15) is 0 Å². The van der Waals surface area contributed by atoms with E-state index in [0.717, 1.165) is 12.1 Å². The second kappa shape index (κ2) is 8.06. The molecule has 0 unspecified atom stereocenters. The second-order valence-corrected chi connectivity index (χ2v) is 10.6. The fraction of sp³-hybridized carbons (Fsp3) is 0.250. The number of benzene rings is 3. The maximum Gasteiger partial charge on any atom is 0.0528 e. The van der Waals surface area contributed by atoms with Crippen molar-refractivity contribution in [3.8, 4) is 11.4 Å². The van der Waals surface area contributed by atoms with Gasteiger partial charge in [0.05, 0.1) is 11.0 Å². The van der Waals surface area contributed by atoms with E-state index in [4.69, 9.17) is 0 Å². The quantitative estimate of drug-likeness (QED) is 0.231. The van der Waals surface area contributed by atoms with Crippen LogP contribution in [0.25, 0.3) is 33.2 Å². The van der Waals surface area contributed by atoms with Crippen LogP contribution in [0.15, 0.2) is 97.8 Å². The predicted octanol–water partition coefficient (Wildman–Crippen LogP) is 8.73. The van der Waals surface area contributed by atoms with Crippen LogP contribution >= 0.6 is 0 Å². The van der Waals surface area contributed by atoms with E-state index in [2.05, 4.69) is 136 Å². The maximum atomic E-state index is 4.00. The molecule has 0 atom stereocenters. The summed E-state index contributed by atoms with van der Waals surface area (Å²) < 4.78 is 4.54. The lowest BCUT2D eigenvalue weighted by Gasteiger charge is -2.23. The molecule has 0 bridgehead atoms. The fourth-order valence-electron chi connectivity index (χ4n) is 4.65. The van der Waals surface area contributed by atoms with Crippen molar-refractivity contribution >= 4 is 21.8 Å². The van der Waals surface area contributed by atoms with Crippen LogP contribution < -0.4 is 0 Å². The van der Waals surface area contributed by atoms with Crippen LogP contribution in [0.3, 0.4) is 0 Å². The lowest BCUT2D eigenvalue weighted by molar-refractivity contribution is 0.507. The van der Waals surface area contributed by atoms with Crippen molar-refractivity contribution in [2.75, 3.05) is 0 Å². The zero-order valence-electron chi connectivity index (χ0n) is 21.0. The normalized spacial score (nSPS) is 12.5. The Morgan fingerprint density at radius 1 is 0.676 bits per heavy atom. The number of aromatic nitrogens is 2. The van der Waals surface area contributed by atoms with Gasteiger partial charge in [-0.3, -0.25) is 0 Å². The molecular weight excluding hydrogens is 412 g/mol. The van der Waals surface area contributed by atoms with E-state index in [1.807, 2.05) is 6.08 Å². The summed E-state index contributed by atoms with van der Waals surface area (Å²) in [6, 6.07) is 26.9. The van der Waals surface area contributed by atoms with Gasteiger partial charge < -0.3 is 9.13 Å². The summed E-state index contributed by atoms with van der Waals surface area (Å²) in [5, 5.41) is 2.54. The molecule has 2 heterocycles. The van der Waals surface area contributed by atoms with Crippen LogP contribution in [0.5, 0.6) is 0 Å². The van der Waals surface area contributed by atoms with Crippen LogP contribution in [0.2, 0.25) is 0 Å². The molecule has 0 N–H and O–H groups in total. The van der Waals surface area contributed by atoms with Gasteiger partial charge in [0.15, 0.2) is 0 Å². The van der Waals surface area contributed by atoms with Crippen molar-refractivity contribution in [3.05, 3.63) is 109 Å². The second-order valence-electron chi connectivity index (χ2n) is 10.6. The number of hydrogen-bond donors (Lipinski definition) is 0. The van der Waals surface area contributed by atoms with Gasteiger partial charge in [-0.2, -0.15) is 0 Å². The summed E-state index contributed by atoms with van der Waals surface area (Å²) in [6.45, 7) is 15.3. The molecule has 5 aromatic rings. The van der Waals surface area contributed by atoms with Crippen LogP contribution in [0.4, 0.5) is 0 Å². The van der Waals surface area contributed by atoms with Crippen LogP contribution in [-0.2, 0) is 10.8 Å². The van der Waals surface area contributed by atoms with Gasteiger partial charge in [-0.25, -0.2) is 0 Å². The predicted molar refractivity (Wildman–Crippen MR) is 147 cm³/mol. The first-order chi connectivity index (χ1) is 16.2. The van der Waals surface area contributed by atoms with E-state index >= 15 is 0 Å². The average molecular weight is 447 g/mol. The molecule has 172 valence electrons. The molecule has 0 fully saturated rings. The van der Waals surface area contributed by atoms with Gasteiger partial charge in [0, 0.05) is 40.0 Å². The zero-order chi connectivity index (χ0) is 24.1. The Morgan fingerprint density at radius 3 is 1.62 bits per heavy atom. The highest BCUT2D eigenvalue weighted by molar-refractivity contribution is 5.84. The highest BCUT2D eigenvalue weighted by Crippen LogP contribution is 2.32. The van der Waals surface area contributed by atoms with Gasteiger partial charge in [-0.1, -0.05) is 52.8 Å². The topological polar surface area (TPSA) is 9.86 Å². The molecule has 0 aliphatic rings. The van der Waals surface area contributed by atoms with E-state index in [0.29, 0.717) is 0 Å². The SMILES string of the molecule is C=CC(C)(C)c1ccc2c(ccn2-c2ccc(-n3ccc4cc(C(C)(C)CC)ccc43)cc2)c1. The third-order valence-corrected chi connectivity index (χ3v) is 7.71. The molecule has 0 saturated heterocycles. The van der Waals surface area contributed by atoms with Gasteiger partial charge in [-0.05, 0) is 83.6 Å². The highest BCUT2D eigenvalue weighted by Gasteiger charge is 2.19. The molecule has 0 aliphatic heterocycles. The first kappa shape index (κ1) is 22.3. The number of hydrogen-bond acceptors (Lipinski definition) is 0. The first-order valence-corrected chi connectivity index (χ1v) is 12.2. The minimum Gasteiger partial charge on any atom is -0.317 e. The Kier molecular flexibility index (Phi) is 5.28. The largest absolute Gasteiger partial charge is 0.317 e. The summed E-state index contributed by atoms with van der Waals surface area (Å²) in [4.78, 5) is 0. The number of nitrogens with zero attached hydrogens (tertiary/aromatic N) is 2. The molecule has 0 amide bonds. The Balaban J connectivity index is 1.48. The third kappa shape index (κ3) is 3.68. The zero-order valence-corrected chi connectivity index (χ0v) is 21.0. The molecule has 2 aromatic heterocycles. The van der Waals surface area contributed by atoms with E-state index < -0.39 is 0 Å². The molecular formula is C32H34N2. The van der Waals surface area contributed by atoms with E-state index in [-0.39, 0.29) is 10.8 Å². The molecule has 3 aromatic carbocycles. The molecule has 0 aliphatic carbocycles. The van der Waals surface area contributed by atoms with Gasteiger partial charge in [-0.15, -0.1) is 6.58 Å². The highest BCUT2D eigenvalue weighted by atomic mass is 15.0. The smallest absolute Gasteiger partial charge is 0.0528 e. The summed E-state index contributed by atoms with van der Waals surface area (Å²) in [5.41, 5.74) is 7.64.